The second-order valence-electron chi connectivity index (χ2n) is 5.43. The van der Waals surface area contributed by atoms with Crippen LogP contribution in [-0.4, -0.2) is 7.25 Å². The van der Waals surface area contributed by atoms with Gasteiger partial charge in [-0.2, -0.15) is 4.57 Å². The number of fused-ring (bicyclic) bond motifs is 3. The fourth-order valence-electron chi connectivity index (χ4n) is 2.79. The molecule has 1 heterocycles. The molecule has 0 atom stereocenters. The van der Waals surface area contributed by atoms with Gasteiger partial charge < -0.3 is 17.3 Å². The number of pyridine rings is 1. The highest BCUT2D eigenvalue weighted by molar-refractivity contribution is 6.50. The molecule has 4 aromatic rings. The Morgan fingerprint density at radius 2 is 1.20 bits per heavy atom. The van der Waals surface area contributed by atoms with Crippen molar-refractivity contribution < 1.29 is 21.8 Å². The third-order valence-corrected chi connectivity index (χ3v) is 3.74. The van der Waals surface area contributed by atoms with Gasteiger partial charge in [0.15, 0.2) is 6.20 Å². The molecule has 25 heavy (non-hydrogen) atoms. The first-order valence-corrected chi connectivity index (χ1v) is 7.68. The van der Waals surface area contributed by atoms with Crippen molar-refractivity contribution in [2.45, 2.75) is 0 Å². The predicted molar refractivity (Wildman–Crippen MR) is 93.2 cm³/mol. The maximum absolute atomic E-state index is 9.75. The Labute approximate surface area is 142 Å². The average molecular weight is 343 g/mol. The number of para-hydroxylation sites is 1. The standard InChI is InChI=1S/C19H14N.BF4/c1-2-8-16(9-3-1)20-14-6-11-18-17-10-5-4-7-15(17)12-13-19(18)20;2-1(3,4)5/h1-14H;/q+1;-1. The van der Waals surface area contributed by atoms with Crippen LogP contribution in [0.3, 0.4) is 0 Å². The molecule has 0 bridgehead atoms. The van der Waals surface area contributed by atoms with Crippen LogP contribution in [0.4, 0.5) is 17.3 Å². The first kappa shape index (κ1) is 17.0. The first-order chi connectivity index (χ1) is 11.9. The quantitative estimate of drug-likeness (QED) is 0.184. The topological polar surface area (TPSA) is 3.88 Å². The fraction of sp³-hybridized carbons (Fsp3) is 0. The Morgan fingerprint density at radius 3 is 1.92 bits per heavy atom. The van der Waals surface area contributed by atoms with Gasteiger partial charge in [-0.15, -0.1) is 0 Å². The molecule has 0 radical (unpaired) electrons. The molecule has 0 amide bonds. The van der Waals surface area contributed by atoms with Crippen molar-refractivity contribution in [1.82, 2.24) is 0 Å². The van der Waals surface area contributed by atoms with E-state index in [0.29, 0.717) is 0 Å². The third-order valence-electron chi connectivity index (χ3n) is 3.74. The zero-order chi connectivity index (χ0) is 17.9. The number of rotatable bonds is 1. The van der Waals surface area contributed by atoms with Crippen LogP contribution in [-0.2, 0) is 0 Å². The van der Waals surface area contributed by atoms with Gasteiger partial charge in [-0.1, -0.05) is 42.5 Å². The summed E-state index contributed by atoms with van der Waals surface area (Å²) >= 11 is 0. The molecular formula is C19H14BF4N. The highest BCUT2D eigenvalue weighted by Gasteiger charge is 2.20. The summed E-state index contributed by atoms with van der Waals surface area (Å²) in [7, 11) is -6.00. The minimum absolute atomic E-state index is 1.19. The molecule has 0 unspecified atom stereocenters. The van der Waals surface area contributed by atoms with Crippen LogP contribution in [0.15, 0.2) is 85.1 Å². The lowest BCUT2D eigenvalue weighted by molar-refractivity contribution is -0.567. The lowest BCUT2D eigenvalue weighted by Crippen LogP contribution is -2.30. The minimum atomic E-state index is -6.00. The van der Waals surface area contributed by atoms with Crippen LogP contribution in [0.5, 0.6) is 0 Å². The maximum atomic E-state index is 9.75. The average Bonchev–Trinajstić information content (AvgIpc) is 2.60. The number of hydrogen-bond acceptors (Lipinski definition) is 0. The number of aromatic nitrogens is 1. The second-order valence-corrected chi connectivity index (χ2v) is 5.43. The Morgan fingerprint density at radius 1 is 0.600 bits per heavy atom. The van der Waals surface area contributed by atoms with Crippen molar-refractivity contribution in [2.75, 3.05) is 0 Å². The van der Waals surface area contributed by atoms with E-state index in [1.54, 1.807) is 0 Å². The molecule has 0 saturated heterocycles. The Balaban J connectivity index is 0.000000324. The van der Waals surface area contributed by atoms with Crippen molar-refractivity contribution in [2.24, 2.45) is 0 Å². The SMILES string of the molecule is F[B-](F)(F)F.c1ccc(-[n+]2cccc3c4ccccc4ccc32)cc1. The van der Waals surface area contributed by atoms with Gasteiger partial charge >= 0.3 is 7.25 Å². The van der Waals surface area contributed by atoms with E-state index in [0.717, 1.165) is 0 Å². The highest BCUT2D eigenvalue weighted by atomic mass is 19.5. The van der Waals surface area contributed by atoms with Crippen molar-refractivity contribution in [3.63, 3.8) is 0 Å². The van der Waals surface area contributed by atoms with Crippen LogP contribution in [0.1, 0.15) is 0 Å². The molecule has 1 aromatic heterocycles. The molecule has 0 aliphatic heterocycles. The normalized spacial score (nSPS) is 11.2. The van der Waals surface area contributed by atoms with Gasteiger partial charge in [0.25, 0.3) is 0 Å². The van der Waals surface area contributed by atoms with Gasteiger partial charge in [0.2, 0.25) is 11.2 Å². The van der Waals surface area contributed by atoms with Crippen LogP contribution in [0.25, 0.3) is 27.4 Å². The third kappa shape index (κ3) is 4.15. The summed E-state index contributed by atoms with van der Waals surface area (Å²) in [6.07, 6.45) is 2.12. The van der Waals surface area contributed by atoms with E-state index in [4.69, 9.17) is 0 Å². The van der Waals surface area contributed by atoms with E-state index in [9.17, 15) is 17.3 Å². The largest absolute Gasteiger partial charge is 0.673 e. The summed E-state index contributed by atoms with van der Waals surface area (Å²) in [5.41, 5.74) is 2.42. The number of hydrogen-bond donors (Lipinski definition) is 0. The number of benzene rings is 3. The van der Waals surface area contributed by atoms with E-state index < -0.39 is 7.25 Å². The summed E-state index contributed by atoms with van der Waals surface area (Å²) < 4.78 is 41.2. The summed E-state index contributed by atoms with van der Waals surface area (Å²) in [6.45, 7) is 0. The second kappa shape index (κ2) is 6.93. The molecule has 0 spiro atoms. The van der Waals surface area contributed by atoms with Gasteiger partial charge in [-0.3, -0.25) is 0 Å². The summed E-state index contributed by atoms with van der Waals surface area (Å²) in [4.78, 5) is 0. The Bertz CT molecular complexity index is 994. The molecule has 0 aliphatic carbocycles. The molecule has 0 saturated carbocycles. The molecule has 126 valence electrons. The van der Waals surface area contributed by atoms with Crippen LogP contribution in [0.2, 0.25) is 0 Å². The molecule has 6 heteroatoms. The van der Waals surface area contributed by atoms with E-state index >= 15 is 0 Å². The Kier molecular flexibility index (Phi) is 4.70. The van der Waals surface area contributed by atoms with Crippen LogP contribution < -0.4 is 4.57 Å². The van der Waals surface area contributed by atoms with E-state index in [1.807, 2.05) is 6.07 Å². The smallest absolute Gasteiger partial charge is 0.418 e. The van der Waals surface area contributed by atoms with Gasteiger partial charge in [-0.05, 0) is 22.9 Å². The minimum Gasteiger partial charge on any atom is -0.418 e. The van der Waals surface area contributed by atoms with Gasteiger partial charge in [-0.25, -0.2) is 0 Å². The summed E-state index contributed by atoms with van der Waals surface area (Å²) in [5, 5.41) is 3.87. The molecular weight excluding hydrogens is 329 g/mol. The first-order valence-electron chi connectivity index (χ1n) is 7.68. The fourth-order valence-corrected chi connectivity index (χ4v) is 2.79. The molecule has 4 rings (SSSR count). The Hall–Kier alpha value is -2.89. The lowest BCUT2D eigenvalue weighted by atomic mass is 10.0. The zero-order valence-corrected chi connectivity index (χ0v) is 13.1. The highest BCUT2D eigenvalue weighted by Crippen LogP contribution is 2.23. The van der Waals surface area contributed by atoms with E-state index in [-0.39, 0.29) is 0 Å². The molecule has 1 nitrogen and oxygen atoms in total. The summed E-state index contributed by atoms with van der Waals surface area (Å²) in [5.74, 6) is 0. The molecule has 0 aliphatic rings. The zero-order valence-electron chi connectivity index (χ0n) is 13.1. The van der Waals surface area contributed by atoms with Crippen molar-refractivity contribution in [1.29, 1.82) is 0 Å². The van der Waals surface area contributed by atoms with Gasteiger partial charge in [0.05, 0.1) is 5.39 Å². The summed E-state index contributed by atoms with van der Waals surface area (Å²) in [6, 6.07) is 27.7. The molecule has 3 aromatic carbocycles. The number of nitrogens with zero attached hydrogens (tertiary/aromatic N) is 1. The predicted octanol–water partition coefficient (Wildman–Crippen LogP) is 5.57. The maximum Gasteiger partial charge on any atom is 0.673 e. The van der Waals surface area contributed by atoms with Crippen LogP contribution >= 0.6 is 0 Å². The molecule has 0 fully saturated rings. The van der Waals surface area contributed by atoms with Crippen molar-refractivity contribution in [3.8, 4) is 5.69 Å². The van der Waals surface area contributed by atoms with Gasteiger partial charge in [0, 0.05) is 24.3 Å². The van der Waals surface area contributed by atoms with E-state index in [2.05, 4.69) is 83.6 Å². The van der Waals surface area contributed by atoms with Crippen molar-refractivity contribution >= 4 is 28.9 Å². The van der Waals surface area contributed by atoms with E-state index in [1.165, 1.54) is 27.4 Å². The van der Waals surface area contributed by atoms with Crippen LogP contribution in [0, 0.1) is 0 Å². The number of halogens is 4. The van der Waals surface area contributed by atoms with Gasteiger partial charge in [0.1, 0.15) is 0 Å². The monoisotopic (exact) mass is 343 g/mol. The lowest BCUT2D eigenvalue weighted by Gasteiger charge is -2.04. The van der Waals surface area contributed by atoms with Crippen molar-refractivity contribution in [3.05, 3.63) is 85.1 Å². The molecule has 0 N–H and O–H groups in total.